The molecule has 1 aliphatic rings. The minimum absolute atomic E-state index is 0.103. The number of aromatic amines is 1. The Bertz CT molecular complexity index is 868. The van der Waals surface area contributed by atoms with Gasteiger partial charge in [0.1, 0.15) is 5.75 Å². The van der Waals surface area contributed by atoms with Gasteiger partial charge in [-0.05, 0) is 30.9 Å². The van der Waals surface area contributed by atoms with Crippen LogP contribution in [-0.4, -0.2) is 54.7 Å². The molecule has 0 bridgehead atoms. The lowest BCUT2D eigenvalue weighted by Gasteiger charge is -2.29. The second-order valence-electron chi connectivity index (χ2n) is 7.31. The van der Waals surface area contributed by atoms with Crippen molar-refractivity contribution in [3.05, 3.63) is 30.0 Å². The number of ether oxygens (including phenoxy) is 1. The molecule has 1 saturated carbocycles. The van der Waals surface area contributed by atoms with Gasteiger partial charge in [-0.2, -0.15) is 0 Å². The number of hydrogen-bond acceptors (Lipinski definition) is 4. The Morgan fingerprint density at radius 1 is 1.21 bits per heavy atom. The van der Waals surface area contributed by atoms with E-state index in [0.717, 1.165) is 31.2 Å². The molecule has 3 rings (SSSR count). The standard InChI is InChI=1S/C21H27N3O4/c1-22-19(25)13-24(12-14-6-4-3-5-7-14)21(27)20(26)17-11-23-18-10-15(28-2)8-9-16(17)18/h8-11,14,23H,3-7,12-13H2,1-2H3,(H,22,25). The lowest BCUT2D eigenvalue weighted by atomic mass is 9.89. The van der Waals surface area contributed by atoms with Crippen molar-refractivity contribution in [2.24, 2.45) is 5.92 Å². The summed E-state index contributed by atoms with van der Waals surface area (Å²) in [6, 6.07) is 5.29. The van der Waals surface area contributed by atoms with Crippen LogP contribution >= 0.6 is 0 Å². The number of H-pyrrole nitrogens is 1. The molecule has 7 heteroatoms. The second-order valence-corrected chi connectivity index (χ2v) is 7.31. The number of ketones is 1. The van der Waals surface area contributed by atoms with E-state index in [2.05, 4.69) is 10.3 Å². The van der Waals surface area contributed by atoms with Crippen LogP contribution in [0.15, 0.2) is 24.4 Å². The van der Waals surface area contributed by atoms with Crippen LogP contribution in [0, 0.1) is 5.92 Å². The third-order valence-electron chi connectivity index (χ3n) is 5.43. The number of hydrogen-bond donors (Lipinski definition) is 2. The highest BCUT2D eigenvalue weighted by Gasteiger charge is 2.29. The molecule has 1 fully saturated rings. The Morgan fingerprint density at radius 2 is 1.96 bits per heavy atom. The summed E-state index contributed by atoms with van der Waals surface area (Å²) in [5.74, 6) is -0.511. The number of carbonyl (C=O) groups excluding carboxylic acids is 3. The Labute approximate surface area is 164 Å². The molecular weight excluding hydrogens is 358 g/mol. The molecule has 0 unspecified atom stereocenters. The fourth-order valence-electron chi connectivity index (χ4n) is 3.83. The third-order valence-corrected chi connectivity index (χ3v) is 5.43. The van der Waals surface area contributed by atoms with Crippen LogP contribution in [0.2, 0.25) is 0 Å². The number of Topliss-reactive ketones (excluding diaryl/α,β-unsaturated/α-hetero) is 1. The number of amides is 2. The molecule has 2 aromatic rings. The lowest BCUT2D eigenvalue weighted by Crippen LogP contribution is -2.45. The quantitative estimate of drug-likeness (QED) is 0.566. The molecule has 0 radical (unpaired) electrons. The van der Waals surface area contributed by atoms with Crippen molar-refractivity contribution in [2.45, 2.75) is 32.1 Å². The number of benzene rings is 1. The normalized spacial score (nSPS) is 14.6. The molecule has 1 aromatic heterocycles. The molecule has 28 heavy (non-hydrogen) atoms. The molecule has 1 aromatic carbocycles. The number of methoxy groups -OCH3 is 1. The molecule has 0 spiro atoms. The fourth-order valence-corrected chi connectivity index (χ4v) is 3.83. The minimum atomic E-state index is -0.633. The number of carbonyl (C=O) groups is 3. The maximum absolute atomic E-state index is 13.0. The van der Waals surface area contributed by atoms with Crippen molar-refractivity contribution in [3.8, 4) is 5.75 Å². The summed E-state index contributed by atoms with van der Waals surface area (Å²) in [6.45, 7) is 0.335. The number of fused-ring (bicyclic) bond motifs is 1. The van der Waals surface area contributed by atoms with E-state index < -0.39 is 11.7 Å². The summed E-state index contributed by atoms with van der Waals surface area (Å²) in [5.41, 5.74) is 1.04. The monoisotopic (exact) mass is 385 g/mol. The molecule has 0 saturated heterocycles. The molecule has 0 atom stereocenters. The largest absolute Gasteiger partial charge is 0.497 e. The maximum atomic E-state index is 13.0. The van der Waals surface area contributed by atoms with Crippen molar-refractivity contribution >= 4 is 28.5 Å². The highest BCUT2D eigenvalue weighted by atomic mass is 16.5. The van der Waals surface area contributed by atoms with Crippen LogP contribution in [0.4, 0.5) is 0 Å². The van der Waals surface area contributed by atoms with Crippen LogP contribution in [0.3, 0.4) is 0 Å². The van der Waals surface area contributed by atoms with Crippen molar-refractivity contribution in [2.75, 3.05) is 27.2 Å². The number of aromatic nitrogens is 1. The first kappa shape index (κ1) is 19.9. The average molecular weight is 385 g/mol. The highest BCUT2D eigenvalue weighted by molar-refractivity contribution is 6.45. The minimum Gasteiger partial charge on any atom is -0.497 e. The van der Waals surface area contributed by atoms with Gasteiger partial charge in [0.05, 0.1) is 19.2 Å². The van der Waals surface area contributed by atoms with Gasteiger partial charge in [0.2, 0.25) is 5.91 Å². The summed E-state index contributed by atoms with van der Waals surface area (Å²) < 4.78 is 5.19. The van der Waals surface area contributed by atoms with Crippen LogP contribution in [0.25, 0.3) is 10.9 Å². The van der Waals surface area contributed by atoms with Crippen molar-refractivity contribution in [3.63, 3.8) is 0 Å². The van der Waals surface area contributed by atoms with Crippen LogP contribution in [0.5, 0.6) is 5.75 Å². The van der Waals surface area contributed by atoms with Gasteiger partial charge in [0.25, 0.3) is 11.7 Å². The van der Waals surface area contributed by atoms with Gasteiger partial charge < -0.3 is 19.9 Å². The van der Waals surface area contributed by atoms with Crippen LogP contribution in [-0.2, 0) is 9.59 Å². The van der Waals surface area contributed by atoms with Crippen LogP contribution in [0.1, 0.15) is 42.5 Å². The molecule has 7 nitrogen and oxygen atoms in total. The Morgan fingerprint density at radius 3 is 2.64 bits per heavy atom. The fraction of sp³-hybridized carbons (Fsp3) is 0.476. The van der Waals surface area contributed by atoms with Crippen LogP contribution < -0.4 is 10.1 Å². The van der Waals surface area contributed by atoms with Gasteiger partial charge in [0.15, 0.2) is 0 Å². The first-order chi connectivity index (χ1) is 13.5. The van der Waals surface area contributed by atoms with Crippen molar-refractivity contribution < 1.29 is 19.1 Å². The van der Waals surface area contributed by atoms with E-state index in [9.17, 15) is 14.4 Å². The predicted octanol–water partition coefficient (Wildman–Crippen LogP) is 2.51. The van der Waals surface area contributed by atoms with Gasteiger partial charge >= 0.3 is 0 Å². The summed E-state index contributed by atoms with van der Waals surface area (Å²) in [4.78, 5) is 42.3. The van der Waals surface area contributed by atoms with Gasteiger partial charge in [-0.1, -0.05) is 19.3 Å². The summed E-state index contributed by atoms with van der Waals surface area (Å²) in [6.07, 6.45) is 7.06. The van der Waals surface area contributed by atoms with E-state index in [4.69, 9.17) is 4.74 Å². The number of likely N-dealkylation sites (N-methyl/N-ethyl adjacent to an activating group) is 1. The highest BCUT2D eigenvalue weighted by Crippen LogP contribution is 2.26. The van der Waals surface area contributed by atoms with Gasteiger partial charge in [-0.15, -0.1) is 0 Å². The molecule has 2 amide bonds. The first-order valence-corrected chi connectivity index (χ1v) is 9.72. The zero-order valence-corrected chi connectivity index (χ0v) is 16.4. The van der Waals surface area contributed by atoms with Crippen molar-refractivity contribution in [1.82, 2.24) is 15.2 Å². The SMILES string of the molecule is CNC(=O)CN(CC1CCCCC1)C(=O)C(=O)c1c[nH]c2cc(OC)ccc12. The van der Waals surface area contributed by atoms with Gasteiger partial charge in [0, 0.05) is 36.8 Å². The van der Waals surface area contributed by atoms with E-state index in [1.807, 2.05) is 0 Å². The smallest absolute Gasteiger partial charge is 0.295 e. The average Bonchev–Trinajstić information content (AvgIpc) is 3.15. The first-order valence-electron chi connectivity index (χ1n) is 9.72. The Balaban J connectivity index is 1.82. The summed E-state index contributed by atoms with van der Waals surface area (Å²) >= 11 is 0. The van der Waals surface area contributed by atoms with E-state index in [-0.39, 0.29) is 12.5 Å². The van der Waals surface area contributed by atoms with E-state index in [0.29, 0.717) is 29.2 Å². The zero-order valence-electron chi connectivity index (χ0n) is 16.4. The van der Waals surface area contributed by atoms with E-state index in [1.165, 1.54) is 18.4 Å². The van der Waals surface area contributed by atoms with Gasteiger partial charge in [-0.25, -0.2) is 0 Å². The predicted molar refractivity (Wildman–Crippen MR) is 106 cm³/mol. The second kappa shape index (κ2) is 8.91. The van der Waals surface area contributed by atoms with Crippen molar-refractivity contribution in [1.29, 1.82) is 0 Å². The topological polar surface area (TPSA) is 91.5 Å². The Kier molecular flexibility index (Phi) is 6.34. The van der Waals surface area contributed by atoms with E-state index in [1.54, 1.807) is 31.5 Å². The third kappa shape index (κ3) is 4.35. The Hall–Kier alpha value is -2.83. The number of nitrogens with zero attached hydrogens (tertiary/aromatic N) is 1. The molecular formula is C21H27N3O4. The zero-order chi connectivity index (χ0) is 20.1. The molecule has 0 aliphatic heterocycles. The van der Waals surface area contributed by atoms with Gasteiger partial charge in [-0.3, -0.25) is 14.4 Å². The molecule has 150 valence electrons. The van der Waals surface area contributed by atoms with E-state index >= 15 is 0 Å². The lowest BCUT2D eigenvalue weighted by molar-refractivity contribution is -0.133. The number of nitrogens with one attached hydrogen (secondary N) is 2. The summed E-state index contributed by atoms with van der Waals surface area (Å²) in [7, 11) is 3.10. The molecule has 1 heterocycles. The molecule has 2 N–H and O–H groups in total. The number of rotatable bonds is 7. The molecule has 1 aliphatic carbocycles. The maximum Gasteiger partial charge on any atom is 0.295 e. The summed E-state index contributed by atoms with van der Waals surface area (Å²) in [5, 5.41) is 3.20.